The van der Waals surface area contributed by atoms with Crippen LogP contribution in [-0.4, -0.2) is 44.8 Å². The van der Waals surface area contributed by atoms with Gasteiger partial charge in [-0.05, 0) is 122 Å². The zero-order valence-electron chi connectivity index (χ0n) is 33.5. The lowest BCUT2D eigenvalue weighted by Gasteiger charge is -2.33. The van der Waals surface area contributed by atoms with Gasteiger partial charge in [0.1, 0.15) is 0 Å². The molecule has 4 saturated carbocycles. The molecule has 0 amide bonds. The highest BCUT2D eigenvalue weighted by Crippen LogP contribution is 2.35. The summed E-state index contributed by atoms with van der Waals surface area (Å²) in [6.07, 6.45) is 14.1. The minimum Gasteiger partial charge on any atom is -0.393 e. The van der Waals surface area contributed by atoms with Crippen molar-refractivity contribution >= 4 is 54.0 Å². The van der Waals surface area contributed by atoms with Crippen LogP contribution in [0.1, 0.15) is 182 Å². The molecule has 0 spiro atoms. The van der Waals surface area contributed by atoms with Crippen molar-refractivity contribution in [2.75, 3.05) is 0 Å². The Morgan fingerprint density at radius 2 is 0.451 bits per heavy atom. The molecule has 12 atom stereocenters. The van der Waals surface area contributed by atoms with Crippen LogP contribution in [0.15, 0.2) is 0 Å². The van der Waals surface area contributed by atoms with Crippen molar-refractivity contribution in [3.63, 3.8) is 0 Å². The van der Waals surface area contributed by atoms with E-state index in [9.17, 15) is 20.4 Å². The lowest BCUT2D eigenvalue weighted by atomic mass is 9.75. The summed E-state index contributed by atoms with van der Waals surface area (Å²) in [5.41, 5.74) is 0. The zero-order valence-corrected chi connectivity index (χ0v) is 37.5. The van der Waals surface area contributed by atoms with Crippen LogP contribution in [-0.2, 0) is 0 Å². The fraction of sp³-hybridized carbons (Fsp3) is 1.00. The van der Waals surface area contributed by atoms with Gasteiger partial charge in [0.2, 0.25) is 0 Å². The molecule has 320 valence electrons. The molecule has 0 heterocycles. The molecule has 0 unspecified atom stereocenters. The van der Waals surface area contributed by atoms with Crippen LogP contribution in [0.25, 0.3) is 0 Å². The Labute approximate surface area is 350 Å². The average molecular weight is 810 g/mol. The van der Waals surface area contributed by atoms with E-state index in [0.717, 1.165) is 49.4 Å². The first-order valence-corrected chi connectivity index (χ1v) is 19.2. The van der Waals surface area contributed by atoms with E-state index in [1.165, 1.54) is 51.4 Å². The predicted molar refractivity (Wildman–Crippen MR) is 251 cm³/mol. The van der Waals surface area contributed by atoms with Gasteiger partial charge in [0.05, 0.1) is 24.4 Å². The molecule has 4 N–H and O–H groups in total. The Kier molecular flexibility index (Phi) is 45.3. The number of hydrogen-bond donors (Lipinski definition) is 4. The summed E-state index contributed by atoms with van der Waals surface area (Å²) in [6.45, 7) is 26.6. The SMILES string of the molecule is C.C.C.CC(C)[C@@H]1CC[C@@H](C)C[C@@H]1O.CC(C)[C@@H]1CC[C@@H](C)C[C@H]1O.CC(C)[C@H]1CC[C@@H](C)C[C@@H]1O.CC(C)[C@H]1CC[C@@H](C)C[C@H]1O.S.S.S.S. The molecule has 0 aromatic carbocycles. The summed E-state index contributed by atoms with van der Waals surface area (Å²) in [5.74, 6) is 7.79. The number of aliphatic hydroxyl groups excluding tert-OH is 4. The Morgan fingerprint density at radius 3 is 0.549 bits per heavy atom. The quantitative estimate of drug-likeness (QED) is 0.228. The van der Waals surface area contributed by atoms with E-state index < -0.39 is 0 Å². The standard InChI is InChI=1S/4C10H20O.3CH4.4H2S/c4*1-7(2)9-5-4-8(3)6-10(9)11;;;;;;;/h4*7-11H,4-6H2,1-3H3;3*1H4;4*1H2/t8-,9+,10+;8-,9+,10-;8-,9-,10+;8-,9-,10-;;;;;;;/m1111......./s1. The summed E-state index contributed by atoms with van der Waals surface area (Å²) in [5, 5.41) is 38.8. The lowest BCUT2D eigenvalue weighted by Crippen LogP contribution is -2.31. The number of rotatable bonds is 4. The van der Waals surface area contributed by atoms with Crippen molar-refractivity contribution in [1.29, 1.82) is 0 Å². The molecule has 4 nitrogen and oxygen atoms in total. The first-order valence-electron chi connectivity index (χ1n) is 19.2. The van der Waals surface area contributed by atoms with Crippen LogP contribution < -0.4 is 0 Å². The molecular weight excluding hydrogens is 709 g/mol. The maximum atomic E-state index is 9.71. The van der Waals surface area contributed by atoms with Gasteiger partial charge in [-0.1, -0.05) is 131 Å². The van der Waals surface area contributed by atoms with E-state index in [2.05, 4.69) is 83.1 Å². The van der Waals surface area contributed by atoms with Gasteiger partial charge < -0.3 is 20.4 Å². The lowest BCUT2D eigenvalue weighted by molar-refractivity contribution is 0.0263. The van der Waals surface area contributed by atoms with Gasteiger partial charge >= 0.3 is 0 Å². The molecule has 4 aliphatic carbocycles. The van der Waals surface area contributed by atoms with Crippen molar-refractivity contribution < 1.29 is 20.4 Å². The van der Waals surface area contributed by atoms with E-state index >= 15 is 0 Å². The minimum atomic E-state index is -0.0289. The third-order valence-electron chi connectivity index (χ3n) is 11.9. The largest absolute Gasteiger partial charge is 0.393 e. The molecule has 8 heteroatoms. The second-order valence-electron chi connectivity index (χ2n) is 17.6. The van der Waals surface area contributed by atoms with Crippen LogP contribution in [0, 0.1) is 71.0 Å². The highest BCUT2D eigenvalue weighted by Gasteiger charge is 2.31. The van der Waals surface area contributed by atoms with Crippen LogP contribution in [0.2, 0.25) is 0 Å². The van der Waals surface area contributed by atoms with E-state index in [1.807, 2.05) is 0 Å². The second-order valence-corrected chi connectivity index (χ2v) is 17.6. The molecule has 4 fully saturated rings. The second kappa shape index (κ2) is 34.5. The van der Waals surface area contributed by atoms with Crippen LogP contribution >= 0.6 is 54.0 Å². The van der Waals surface area contributed by atoms with Gasteiger partial charge in [0, 0.05) is 0 Å². The molecule has 0 aliphatic heterocycles. The third kappa shape index (κ3) is 25.9. The Morgan fingerprint density at radius 1 is 0.314 bits per heavy atom. The number of aliphatic hydroxyl groups is 4. The van der Waals surface area contributed by atoms with Gasteiger partial charge in [-0.15, -0.1) is 0 Å². The first-order chi connectivity index (χ1) is 20.4. The molecule has 0 bridgehead atoms. The predicted octanol–water partition coefficient (Wildman–Crippen LogP) is 12.1. The molecule has 0 aromatic rings. The Hall–Kier alpha value is 1.24. The highest BCUT2D eigenvalue weighted by atomic mass is 32.1. The molecule has 0 radical (unpaired) electrons. The normalized spacial score (nSPS) is 34.1. The van der Waals surface area contributed by atoms with E-state index in [1.54, 1.807) is 0 Å². The fourth-order valence-corrected chi connectivity index (χ4v) is 8.61. The molecule has 4 aliphatic rings. The third-order valence-corrected chi connectivity index (χ3v) is 11.9. The van der Waals surface area contributed by atoms with Crippen molar-refractivity contribution in [3.05, 3.63) is 0 Å². The minimum absolute atomic E-state index is 0. The van der Waals surface area contributed by atoms with Gasteiger partial charge in [-0.3, -0.25) is 0 Å². The Bertz CT molecular complexity index is 621. The average Bonchev–Trinajstić information content (AvgIpc) is 2.89. The first kappa shape index (κ1) is 67.0. The summed E-state index contributed by atoms with van der Waals surface area (Å²) in [6, 6.07) is 0. The fourth-order valence-electron chi connectivity index (χ4n) is 8.61. The summed E-state index contributed by atoms with van der Waals surface area (Å²) < 4.78 is 0. The smallest absolute Gasteiger partial charge is 0.0573 e. The van der Waals surface area contributed by atoms with Gasteiger partial charge in [-0.25, -0.2) is 0 Å². The zero-order chi connectivity index (χ0) is 33.7. The molecule has 4 rings (SSSR count). The summed E-state index contributed by atoms with van der Waals surface area (Å²) in [7, 11) is 0. The van der Waals surface area contributed by atoms with Crippen LogP contribution in [0.3, 0.4) is 0 Å². The number of hydrogen-bond acceptors (Lipinski definition) is 4. The van der Waals surface area contributed by atoms with E-state index in [4.69, 9.17) is 0 Å². The van der Waals surface area contributed by atoms with Gasteiger partial charge in [0.15, 0.2) is 0 Å². The van der Waals surface area contributed by atoms with E-state index in [0.29, 0.717) is 47.3 Å². The van der Waals surface area contributed by atoms with Crippen molar-refractivity contribution in [2.45, 2.75) is 207 Å². The topological polar surface area (TPSA) is 80.9 Å². The molecule has 0 aromatic heterocycles. The van der Waals surface area contributed by atoms with Crippen molar-refractivity contribution in [2.24, 2.45) is 71.0 Å². The van der Waals surface area contributed by atoms with Gasteiger partial charge in [-0.2, -0.15) is 54.0 Å². The van der Waals surface area contributed by atoms with Crippen LogP contribution in [0.5, 0.6) is 0 Å². The maximum Gasteiger partial charge on any atom is 0.0573 e. The molecule has 51 heavy (non-hydrogen) atoms. The van der Waals surface area contributed by atoms with Crippen LogP contribution in [0.4, 0.5) is 0 Å². The van der Waals surface area contributed by atoms with E-state index in [-0.39, 0.29) is 101 Å². The highest BCUT2D eigenvalue weighted by molar-refractivity contribution is 7.59. The van der Waals surface area contributed by atoms with Crippen molar-refractivity contribution in [1.82, 2.24) is 0 Å². The maximum absolute atomic E-state index is 9.71. The Balaban J connectivity index is -0.0000000968. The molecule has 0 saturated heterocycles. The summed E-state index contributed by atoms with van der Waals surface area (Å²) in [4.78, 5) is 0. The van der Waals surface area contributed by atoms with Gasteiger partial charge in [0.25, 0.3) is 0 Å². The monoisotopic (exact) mass is 809 g/mol. The van der Waals surface area contributed by atoms with Crippen molar-refractivity contribution in [3.8, 4) is 0 Å². The molecular formula is C43H100O4S4. The summed E-state index contributed by atoms with van der Waals surface area (Å²) >= 11 is 0.